The van der Waals surface area contributed by atoms with Gasteiger partial charge in [0.05, 0.1) is 11.6 Å². The first-order valence-corrected chi connectivity index (χ1v) is 8.32. The van der Waals surface area contributed by atoms with Gasteiger partial charge in [-0.25, -0.2) is 13.6 Å². The van der Waals surface area contributed by atoms with Crippen molar-refractivity contribution in [3.05, 3.63) is 76.9 Å². The maximum absolute atomic E-state index is 13.7. The van der Waals surface area contributed by atoms with Gasteiger partial charge in [-0.2, -0.15) is 13.2 Å². The average Bonchev–Trinajstić information content (AvgIpc) is 2.64. The predicted octanol–water partition coefficient (Wildman–Crippen LogP) is 4.42. The van der Waals surface area contributed by atoms with Gasteiger partial charge in [-0.05, 0) is 36.8 Å². The number of benzene rings is 2. The minimum Gasteiger partial charge on any atom is -0.452 e. The van der Waals surface area contributed by atoms with Crippen LogP contribution in [0.15, 0.2) is 48.5 Å². The van der Waals surface area contributed by atoms with Gasteiger partial charge in [0, 0.05) is 17.7 Å². The van der Waals surface area contributed by atoms with Crippen LogP contribution in [0.3, 0.4) is 0 Å². The first kappa shape index (κ1) is 22.1. The van der Waals surface area contributed by atoms with Gasteiger partial charge in [0.1, 0.15) is 11.6 Å². The van der Waals surface area contributed by atoms with E-state index in [4.69, 9.17) is 4.74 Å². The van der Waals surface area contributed by atoms with E-state index in [-0.39, 0.29) is 5.56 Å². The monoisotopic (exact) mass is 413 g/mol. The summed E-state index contributed by atoms with van der Waals surface area (Å²) >= 11 is 0. The van der Waals surface area contributed by atoms with Crippen LogP contribution < -0.4 is 5.32 Å². The van der Waals surface area contributed by atoms with E-state index in [0.29, 0.717) is 11.6 Å². The minimum absolute atomic E-state index is 0.0632. The van der Waals surface area contributed by atoms with Crippen LogP contribution in [0, 0.1) is 11.6 Å². The van der Waals surface area contributed by atoms with Gasteiger partial charge in [0.15, 0.2) is 6.61 Å². The van der Waals surface area contributed by atoms with Crippen molar-refractivity contribution in [1.82, 2.24) is 5.32 Å². The molecule has 29 heavy (non-hydrogen) atoms. The van der Waals surface area contributed by atoms with Crippen molar-refractivity contribution >= 4 is 18.0 Å². The Labute approximate surface area is 163 Å². The molecule has 1 N–H and O–H groups in total. The molecule has 0 bridgehead atoms. The lowest BCUT2D eigenvalue weighted by Crippen LogP contribution is -2.31. The van der Waals surface area contributed by atoms with E-state index in [2.05, 4.69) is 5.32 Å². The Morgan fingerprint density at radius 1 is 1.10 bits per heavy atom. The lowest BCUT2D eigenvalue weighted by Gasteiger charge is -2.15. The number of esters is 1. The zero-order valence-corrected chi connectivity index (χ0v) is 15.1. The van der Waals surface area contributed by atoms with Gasteiger partial charge in [-0.15, -0.1) is 0 Å². The zero-order valence-electron chi connectivity index (χ0n) is 15.1. The second-order valence-corrected chi connectivity index (χ2v) is 6.02. The second-order valence-electron chi connectivity index (χ2n) is 6.02. The van der Waals surface area contributed by atoms with Crippen molar-refractivity contribution in [3.8, 4) is 0 Å². The highest BCUT2D eigenvalue weighted by molar-refractivity contribution is 5.89. The van der Waals surface area contributed by atoms with E-state index in [1.165, 1.54) is 31.2 Å². The first-order valence-electron chi connectivity index (χ1n) is 8.32. The topological polar surface area (TPSA) is 55.4 Å². The van der Waals surface area contributed by atoms with Crippen molar-refractivity contribution in [2.75, 3.05) is 6.61 Å². The van der Waals surface area contributed by atoms with E-state index in [0.717, 1.165) is 24.3 Å². The summed E-state index contributed by atoms with van der Waals surface area (Å²) in [7, 11) is 0. The fourth-order valence-corrected chi connectivity index (χ4v) is 2.35. The molecule has 0 spiro atoms. The Bertz CT molecular complexity index is 907. The third-order valence-corrected chi connectivity index (χ3v) is 3.80. The highest BCUT2D eigenvalue weighted by Crippen LogP contribution is 2.29. The molecule has 0 heterocycles. The number of carbonyl (C=O) groups excluding carboxylic acids is 2. The van der Waals surface area contributed by atoms with Gasteiger partial charge in [-0.1, -0.05) is 18.2 Å². The van der Waals surface area contributed by atoms with E-state index in [9.17, 15) is 31.5 Å². The molecule has 2 aromatic rings. The van der Waals surface area contributed by atoms with Gasteiger partial charge < -0.3 is 10.1 Å². The number of hydrogen-bond donors (Lipinski definition) is 1. The molecule has 2 rings (SSSR count). The van der Waals surface area contributed by atoms with E-state index in [1.807, 2.05) is 0 Å². The van der Waals surface area contributed by atoms with Crippen molar-refractivity contribution < 1.29 is 36.3 Å². The standard InChI is InChI=1S/C20H16F5NO3/c1-12(16-8-7-15(21)10-17(16)22)26-18(27)11-29-19(28)9-4-13-2-5-14(6-3-13)20(23,24)25/h2-10,12H,11H2,1H3,(H,26,27)/b9-4+/t12-/m1/s1. The molecule has 0 aliphatic heterocycles. The normalized spacial score (nSPS) is 12.6. The summed E-state index contributed by atoms with van der Waals surface area (Å²) in [6.07, 6.45) is -2.27. The predicted molar refractivity (Wildman–Crippen MR) is 94.4 cm³/mol. The summed E-state index contributed by atoms with van der Waals surface area (Å²) in [4.78, 5) is 23.4. The number of hydrogen-bond acceptors (Lipinski definition) is 3. The molecule has 0 aliphatic carbocycles. The van der Waals surface area contributed by atoms with Crippen LogP contribution in [0.25, 0.3) is 6.08 Å². The lowest BCUT2D eigenvalue weighted by atomic mass is 10.1. The fraction of sp³-hybridized carbons (Fsp3) is 0.200. The van der Waals surface area contributed by atoms with Gasteiger partial charge in [0.25, 0.3) is 5.91 Å². The smallest absolute Gasteiger partial charge is 0.416 e. The molecule has 1 atom stereocenters. The summed E-state index contributed by atoms with van der Waals surface area (Å²) in [5, 5.41) is 2.40. The van der Waals surface area contributed by atoms with Crippen LogP contribution in [0.1, 0.15) is 29.7 Å². The fourth-order valence-electron chi connectivity index (χ4n) is 2.35. The molecule has 0 fully saturated rings. The van der Waals surface area contributed by atoms with E-state index in [1.54, 1.807) is 0 Å². The van der Waals surface area contributed by atoms with Crippen LogP contribution in [0.2, 0.25) is 0 Å². The molecule has 0 unspecified atom stereocenters. The Balaban J connectivity index is 1.83. The number of nitrogens with one attached hydrogen (secondary N) is 1. The van der Waals surface area contributed by atoms with E-state index < -0.39 is 47.9 Å². The summed E-state index contributed by atoms with van der Waals surface area (Å²) in [5.41, 5.74) is -0.423. The van der Waals surface area contributed by atoms with Crippen molar-refractivity contribution in [1.29, 1.82) is 0 Å². The lowest BCUT2D eigenvalue weighted by molar-refractivity contribution is -0.144. The third-order valence-electron chi connectivity index (χ3n) is 3.80. The van der Waals surface area contributed by atoms with Gasteiger partial charge in [-0.3, -0.25) is 4.79 Å². The van der Waals surface area contributed by atoms with E-state index >= 15 is 0 Å². The molecule has 154 valence electrons. The number of carbonyl (C=O) groups is 2. The van der Waals surface area contributed by atoms with Crippen molar-refractivity contribution in [3.63, 3.8) is 0 Å². The summed E-state index contributed by atoms with van der Waals surface area (Å²) in [6.45, 7) is 0.823. The number of amides is 1. The highest BCUT2D eigenvalue weighted by Gasteiger charge is 2.29. The SMILES string of the molecule is C[C@@H](NC(=O)COC(=O)/C=C/c1ccc(C(F)(F)F)cc1)c1ccc(F)cc1F. The number of rotatable bonds is 6. The molecule has 0 saturated carbocycles. The average molecular weight is 413 g/mol. The molecule has 9 heteroatoms. The molecule has 0 aromatic heterocycles. The van der Waals surface area contributed by atoms with Gasteiger partial charge >= 0.3 is 12.1 Å². The van der Waals surface area contributed by atoms with Crippen molar-refractivity contribution in [2.45, 2.75) is 19.1 Å². The Hall–Kier alpha value is -3.23. The molecule has 0 aliphatic rings. The van der Waals surface area contributed by atoms with Crippen molar-refractivity contribution in [2.24, 2.45) is 0 Å². The highest BCUT2D eigenvalue weighted by atomic mass is 19.4. The molecule has 1 amide bonds. The van der Waals surface area contributed by atoms with Crippen LogP contribution >= 0.6 is 0 Å². The largest absolute Gasteiger partial charge is 0.452 e. The number of halogens is 5. The molecule has 2 aromatic carbocycles. The maximum atomic E-state index is 13.7. The van der Waals surface area contributed by atoms with Gasteiger partial charge in [0.2, 0.25) is 0 Å². The van der Waals surface area contributed by atoms with Crippen LogP contribution in [0.5, 0.6) is 0 Å². The summed E-state index contributed by atoms with van der Waals surface area (Å²) < 4.78 is 68.7. The first-order chi connectivity index (χ1) is 13.6. The molecule has 4 nitrogen and oxygen atoms in total. The minimum atomic E-state index is -4.46. The number of alkyl halides is 3. The third kappa shape index (κ3) is 6.70. The maximum Gasteiger partial charge on any atom is 0.416 e. The van der Waals surface area contributed by atoms with Crippen LogP contribution in [-0.4, -0.2) is 18.5 Å². The number of ether oxygens (including phenoxy) is 1. The molecule has 0 radical (unpaired) electrons. The Morgan fingerprint density at radius 2 is 1.76 bits per heavy atom. The quantitative estimate of drug-likeness (QED) is 0.434. The van der Waals surface area contributed by atoms with Crippen LogP contribution in [-0.2, 0) is 20.5 Å². The Kier molecular flexibility index (Phi) is 7.08. The molecular formula is C20H16F5NO3. The summed E-state index contributed by atoms with van der Waals surface area (Å²) in [6, 6.07) is 6.23. The summed E-state index contributed by atoms with van der Waals surface area (Å²) in [5.74, 6) is -3.18. The van der Waals surface area contributed by atoms with Crippen LogP contribution in [0.4, 0.5) is 22.0 Å². The zero-order chi connectivity index (χ0) is 21.6. The molecular weight excluding hydrogens is 397 g/mol. The molecule has 0 saturated heterocycles. The Morgan fingerprint density at radius 3 is 2.34 bits per heavy atom. The second kappa shape index (κ2) is 9.31.